The Morgan fingerprint density at radius 2 is 0.462 bits per heavy atom. The molecule has 0 bridgehead atoms. The van der Waals surface area contributed by atoms with Crippen molar-refractivity contribution < 1.29 is 0 Å². The van der Waals surface area contributed by atoms with Crippen LogP contribution in [0.1, 0.15) is 0 Å². The molecule has 8 nitrogen and oxygen atoms in total. The summed E-state index contributed by atoms with van der Waals surface area (Å²) >= 11 is 0. The second kappa shape index (κ2) is 25.9. The zero-order valence-electron chi connectivity index (χ0n) is 57.7. The van der Waals surface area contributed by atoms with Crippen molar-refractivity contribution in [3.8, 4) is 50.8 Å². The van der Waals surface area contributed by atoms with Gasteiger partial charge in [0.05, 0.1) is 44.3 Å². The molecule has 0 aliphatic carbocycles. The fourth-order valence-electron chi connectivity index (χ4n) is 15.9. The zero-order chi connectivity index (χ0) is 70.0. The van der Waals surface area contributed by atoms with E-state index in [0.29, 0.717) is 5.82 Å². The number of fused-ring (bicyclic) bond motifs is 10. The van der Waals surface area contributed by atoms with Gasteiger partial charge in [0.2, 0.25) is 0 Å². The maximum absolute atomic E-state index is 5.63. The molecule has 0 fully saturated rings. The Hall–Kier alpha value is -14.3. The summed E-state index contributed by atoms with van der Waals surface area (Å²) < 4.78 is 7.16. The van der Waals surface area contributed by atoms with Crippen LogP contribution < -0.4 is 14.7 Å². The summed E-state index contributed by atoms with van der Waals surface area (Å²) in [6, 6.07) is 144. The molecule has 0 atom stereocenters. The van der Waals surface area contributed by atoms with Crippen molar-refractivity contribution in [3.63, 3.8) is 0 Å². The van der Waals surface area contributed by atoms with Crippen molar-refractivity contribution in [2.45, 2.75) is 0 Å². The number of hydrogen-bond donors (Lipinski definition) is 0. The van der Waals surface area contributed by atoms with Crippen molar-refractivity contribution in [3.05, 3.63) is 400 Å². The Labute approximate surface area is 613 Å². The molecule has 4 aromatic heterocycles. The van der Waals surface area contributed by atoms with E-state index in [1.165, 1.54) is 32.3 Å². The first-order chi connectivity index (χ1) is 52.6. The van der Waals surface area contributed by atoms with Gasteiger partial charge in [-0.05, 0) is 217 Å². The average Bonchev–Trinajstić information content (AvgIpc) is 1.56. The van der Waals surface area contributed by atoms with Gasteiger partial charge < -0.3 is 28.4 Å². The second-order valence-corrected chi connectivity index (χ2v) is 26.9. The van der Waals surface area contributed by atoms with E-state index in [1.54, 1.807) is 0 Å². The van der Waals surface area contributed by atoms with Crippen molar-refractivity contribution in [2.75, 3.05) is 14.7 Å². The van der Waals surface area contributed by atoms with Crippen LogP contribution in [0.2, 0.25) is 0 Å². The Bertz CT molecular complexity index is 6540. The fraction of sp³-hybridized carbons (Fsp3) is 0. The van der Waals surface area contributed by atoms with Crippen molar-refractivity contribution in [2.24, 2.45) is 0 Å². The molecule has 0 radical (unpaired) electrons. The summed E-state index contributed by atoms with van der Waals surface area (Å²) in [7, 11) is 0. The molecular formula is C98H66N8. The summed E-state index contributed by atoms with van der Waals surface area (Å²) in [5.74, 6) is 0.647. The monoisotopic (exact) mass is 1350 g/mol. The highest BCUT2D eigenvalue weighted by Gasteiger charge is 2.23. The largest absolute Gasteiger partial charge is 0.310 e. The van der Waals surface area contributed by atoms with Crippen LogP contribution in [-0.2, 0) is 0 Å². The summed E-state index contributed by atoms with van der Waals surface area (Å²) in [5, 5.41) is 8.05. The lowest BCUT2D eigenvalue weighted by Crippen LogP contribution is -2.09. The Morgan fingerprint density at radius 3 is 0.802 bits per heavy atom. The number of para-hydroxylation sites is 9. The van der Waals surface area contributed by atoms with E-state index in [0.717, 1.165) is 140 Å². The number of anilines is 9. The molecule has 8 heteroatoms. The minimum Gasteiger partial charge on any atom is -0.310 e. The molecule has 106 heavy (non-hydrogen) atoms. The molecule has 4 heterocycles. The summed E-state index contributed by atoms with van der Waals surface area (Å²) in [4.78, 5) is 18.1. The third-order valence-electron chi connectivity index (χ3n) is 20.8. The van der Waals surface area contributed by atoms with Gasteiger partial charge in [0, 0.05) is 117 Å². The van der Waals surface area contributed by atoms with E-state index in [2.05, 4.69) is 429 Å². The van der Waals surface area contributed by atoms with Crippen LogP contribution in [0.4, 0.5) is 51.2 Å². The van der Waals surface area contributed by atoms with E-state index in [-0.39, 0.29) is 0 Å². The molecule has 0 aliphatic rings. The predicted octanol–water partition coefficient (Wildman–Crippen LogP) is 26.3. The third-order valence-corrected chi connectivity index (χ3v) is 20.8. The molecule has 20 rings (SSSR count). The zero-order valence-corrected chi connectivity index (χ0v) is 57.7. The normalized spacial score (nSPS) is 11.6. The van der Waals surface area contributed by atoms with E-state index in [4.69, 9.17) is 9.97 Å². The smallest absolute Gasteiger partial charge is 0.160 e. The van der Waals surface area contributed by atoms with Crippen LogP contribution in [0.5, 0.6) is 0 Å². The Balaban J connectivity index is 0.688. The number of hydrogen-bond acceptors (Lipinski definition) is 5. The van der Waals surface area contributed by atoms with E-state index in [9.17, 15) is 0 Å². The Morgan fingerprint density at radius 1 is 0.179 bits per heavy atom. The maximum Gasteiger partial charge on any atom is 0.160 e. The Kier molecular flexibility index (Phi) is 15.0. The molecule has 20 aromatic rings. The summed E-state index contributed by atoms with van der Waals surface area (Å²) in [5.41, 5.74) is 25.6. The molecule has 0 spiro atoms. The first-order valence-corrected chi connectivity index (χ1v) is 36.0. The van der Waals surface area contributed by atoms with Gasteiger partial charge >= 0.3 is 0 Å². The van der Waals surface area contributed by atoms with Crippen LogP contribution in [-0.4, -0.2) is 23.7 Å². The highest BCUT2D eigenvalue weighted by molar-refractivity contribution is 6.13. The first-order valence-electron chi connectivity index (χ1n) is 36.0. The molecule has 0 amide bonds. The molecule has 16 aromatic carbocycles. The predicted molar refractivity (Wildman–Crippen MR) is 443 cm³/mol. The number of benzene rings is 16. The van der Waals surface area contributed by atoms with Gasteiger partial charge in [-0.25, -0.2) is 9.97 Å². The van der Waals surface area contributed by atoms with Gasteiger partial charge in [0.25, 0.3) is 0 Å². The van der Waals surface area contributed by atoms with Gasteiger partial charge in [0.15, 0.2) is 5.82 Å². The number of aromatic nitrogens is 5. The minimum atomic E-state index is 0.647. The highest BCUT2D eigenvalue weighted by atomic mass is 15.2. The summed E-state index contributed by atoms with van der Waals surface area (Å²) in [6.07, 6.45) is 0. The van der Waals surface area contributed by atoms with E-state index >= 15 is 0 Å². The highest BCUT2D eigenvalue weighted by Crippen LogP contribution is 2.45. The molecule has 0 unspecified atom stereocenters. The summed E-state index contributed by atoms with van der Waals surface area (Å²) in [6.45, 7) is 0. The van der Waals surface area contributed by atoms with Crippen LogP contribution >= 0.6 is 0 Å². The van der Waals surface area contributed by atoms with Crippen LogP contribution in [0.15, 0.2) is 400 Å². The van der Waals surface area contributed by atoms with Gasteiger partial charge in [-0.1, -0.05) is 194 Å². The molecule has 0 aliphatic heterocycles. The maximum atomic E-state index is 5.63. The molecule has 0 saturated heterocycles. The van der Waals surface area contributed by atoms with Crippen molar-refractivity contribution >= 4 is 128 Å². The van der Waals surface area contributed by atoms with Gasteiger partial charge in [-0.3, -0.25) is 0 Å². The minimum absolute atomic E-state index is 0.647. The molecule has 0 N–H and O–H groups in total. The van der Waals surface area contributed by atoms with E-state index in [1.807, 2.05) is 0 Å². The number of rotatable bonds is 15. The average molecular weight is 1360 g/mol. The topological polar surface area (TPSA) is 50.3 Å². The second-order valence-electron chi connectivity index (χ2n) is 26.9. The first kappa shape index (κ1) is 61.5. The number of nitrogens with zero attached hydrogens (tertiary/aromatic N) is 8. The van der Waals surface area contributed by atoms with Gasteiger partial charge in [-0.15, -0.1) is 0 Å². The van der Waals surface area contributed by atoms with Crippen molar-refractivity contribution in [1.29, 1.82) is 0 Å². The van der Waals surface area contributed by atoms with Gasteiger partial charge in [-0.2, -0.15) is 0 Å². The van der Waals surface area contributed by atoms with Crippen molar-refractivity contribution in [1.82, 2.24) is 23.7 Å². The molecule has 498 valence electrons. The lowest BCUT2D eigenvalue weighted by Gasteiger charge is -2.25. The van der Waals surface area contributed by atoms with Crippen LogP contribution in [0.3, 0.4) is 0 Å². The van der Waals surface area contributed by atoms with E-state index < -0.39 is 0 Å². The fourth-order valence-corrected chi connectivity index (χ4v) is 15.9. The quantitative estimate of drug-likeness (QED) is 0.102. The lowest BCUT2D eigenvalue weighted by atomic mass is 9.99. The standard InChI is InChI=1S/C98H66N8/c1-7-25-71(26-8-1)101(72-27-9-2-10-28-72)80-56-60-94-86(64-80)83-37-19-22-40-91(83)104(94)77-50-43-67(44-51-77)70-49-59-90-89(63-70)97(68-45-52-78(53-46-68)105-92-41-23-20-38-84(92)87-65-81(57-61-95(87)105)102(73-29-11-3-12-30-73)74-31-13-4-14-32-74)100-98(99-90)69-47-54-79(55-48-69)106-93-42-24-21-39-85(93)88-66-82(58-62-96(88)106)103(75-33-15-5-16-34-75)76-35-17-6-18-36-76/h1-66H. The van der Waals surface area contributed by atoms with Crippen LogP contribution in [0.25, 0.3) is 127 Å². The SMILES string of the molecule is c1ccc(N(c2ccccc2)c2ccc3c(c2)c2ccccc2n3-c2ccc(-c3ccc4nc(-c5ccc(-n6c7ccccc7c7cc(N(c8ccccc8)c8ccccc8)ccc76)cc5)nc(-c5ccc(-n6c7ccccc7c7cc(N(c8ccccc8)c8ccccc8)ccc76)cc5)c4c3)cc2)cc1. The van der Waals surface area contributed by atoms with Crippen LogP contribution in [0, 0.1) is 0 Å². The third kappa shape index (κ3) is 10.7. The lowest BCUT2D eigenvalue weighted by molar-refractivity contribution is 1.17. The van der Waals surface area contributed by atoms with Gasteiger partial charge in [0.1, 0.15) is 0 Å². The molecule has 0 saturated carbocycles. The molecular weight excluding hydrogens is 1290 g/mol.